The van der Waals surface area contributed by atoms with Gasteiger partial charge in [-0.25, -0.2) is 0 Å². The van der Waals surface area contributed by atoms with Crippen molar-refractivity contribution in [1.29, 1.82) is 0 Å². The van der Waals surface area contributed by atoms with Crippen molar-refractivity contribution in [3.63, 3.8) is 0 Å². The molecular formula is C10H13NO3S. The molecule has 0 aromatic carbocycles. The molecule has 0 aliphatic heterocycles. The van der Waals surface area contributed by atoms with Crippen molar-refractivity contribution < 1.29 is 14.7 Å². The van der Waals surface area contributed by atoms with Gasteiger partial charge in [0.05, 0.1) is 6.54 Å². The molecule has 1 aromatic heterocycles. The largest absolute Gasteiger partial charge is 0.481 e. The van der Waals surface area contributed by atoms with Gasteiger partial charge in [-0.05, 0) is 17.9 Å². The lowest BCUT2D eigenvalue weighted by Gasteiger charge is -2.02. The van der Waals surface area contributed by atoms with E-state index in [2.05, 4.69) is 5.32 Å². The molecule has 0 unspecified atom stereocenters. The molecular weight excluding hydrogens is 214 g/mol. The molecule has 0 aliphatic carbocycles. The van der Waals surface area contributed by atoms with E-state index in [9.17, 15) is 9.59 Å². The number of hydrogen-bond acceptors (Lipinski definition) is 3. The Kier molecular flexibility index (Phi) is 4.83. The third kappa shape index (κ3) is 5.17. The van der Waals surface area contributed by atoms with Crippen molar-refractivity contribution in [2.45, 2.75) is 25.8 Å². The summed E-state index contributed by atoms with van der Waals surface area (Å²) in [5.41, 5.74) is 0. The molecule has 0 aliphatic rings. The predicted molar refractivity (Wildman–Crippen MR) is 57.7 cm³/mol. The van der Waals surface area contributed by atoms with Crippen LogP contribution >= 0.6 is 11.3 Å². The van der Waals surface area contributed by atoms with Crippen LogP contribution in [-0.2, 0) is 16.1 Å². The van der Waals surface area contributed by atoms with Crippen LogP contribution in [0.5, 0.6) is 0 Å². The highest BCUT2D eigenvalue weighted by molar-refractivity contribution is 7.09. The summed E-state index contributed by atoms with van der Waals surface area (Å²) < 4.78 is 0. The van der Waals surface area contributed by atoms with Crippen LogP contribution in [0.2, 0.25) is 0 Å². The number of nitrogens with one attached hydrogen (secondary N) is 1. The minimum absolute atomic E-state index is 0.0480. The Bertz CT molecular complexity index is 321. The second kappa shape index (κ2) is 6.19. The summed E-state index contributed by atoms with van der Waals surface area (Å²) in [7, 11) is 0. The third-order valence-electron chi connectivity index (χ3n) is 1.83. The van der Waals surface area contributed by atoms with Crippen LogP contribution in [0.4, 0.5) is 0 Å². The van der Waals surface area contributed by atoms with Crippen molar-refractivity contribution in [3.8, 4) is 0 Å². The van der Waals surface area contributed by atoms with E-state index in [0.717, 1.165) is 4.88 Å². The summed E-state index contributed by atoms with van der Waals surface area (Å²) in [6.45, 7) is 0.531. The molecule has 0 atom stereocenters. The second-order valence-corrected chi connectivity index (χ2v) is 4.14. The van der Waals surface area contributed by atoms with Crippen molar-refractivity contribution in [2.75, 3.05) is 0 Å². The topological polar surface area (TPSA) is 66.4 Å². The fraction of sp³-hybridized carbons (Fsp3) is 0.400. The summed E-state index contributed by atoms with van der Waals surface area (Å²) in [6.07, 6.45) is 0.718. The average Bonchev–Trinajstić information content (AvgIpc) is 2.66. The summed E-state index contributed by atoms with van der Waals surface area (Å²) in [4.78, 5) is 22.5. The fourth-order valence-electron chi connectivity index (χ4n) is 1.09. The molecule has 0 radical (unpaired) electrons. The maximum Gasteiger partial charge on any atom is 0.303 e. The van der Waals surface area contributed by atoms with E-state index in [4.69, 9.17) is 5.11 Å². The average molecular weight is 227 g/mol. The Morgan fingerprint density at radius 3 is 2.80 bits per heavy atom. The first-order chi connectivity index (χ1) is 7.18. The van der Waals surface area contributed by atoms with Gasteiger partial charge >= 0.3 is 5.97 Å². The highest BCUT2D eigenvalue weighted by atomic mass is 32.1. The number of carboxylic acids is 1. The number of carbonyl (C=O) groups excluding carboxylic acids is 1. The van der Waals surface area contributed by atoms with Crippen LogP contribution in [0.3, 0.4) is 0 Å². The van der Waals surface area contributed by atoms with Crippen LogP contribution in [0.1, 0.15) is 24.1 Å². The monoisotopic (exact) mass is 227 g/mol. The van der Waals surface area contributed by atoms with Crippen molar-refractivity contribution in [1.82, 2.24) is 5.32 Å². The van der Waals surface area contributed by atoms with Gasteiger partial charge < -0.3 is 10.4 Å². The molecule has 5 heteroatoms. The van der Waals surface area contributed by atoms with E-state index >= 15 is 0 Å². The summed E-state index contributed by atoms with van der Waals surface area (Å²) in [5, 5.41) is 13.1. The van der Waals surface area contributed by atoms with E-state index in [1.165, 1.54) is 0 Å². The van der Waals surface area contributed by atoms with E-state index < -0.39 is 5.97 Å². The lowest BCUT2D eigenvalue weighted by atomic mass is 10.2. The second-order valence-electron chi connectivity index (χ2n) is 3.10. The molecule has 2 N–H and O–H groups in total. The van der Waals surface area contributed by atoms with Crippen LogP contribution < -0.4 is 5.32 Å². The van der Waals surface area contributed by atoms with Crippen LogP contribution in [0.15, 0.2) is 17.5 Å². The highest BCUT2D eigenvalue weighted by Crippen LogP contribution is 2.07. The van der Waals surface area contributed by atoms with Gasteiger partial charge in [0, 0.05) is 17.7 Å². The fourth-order valence-corrected chi connectivity index (χ4v) is 1.73. The summed E-state index contributed by atoms with van der Waals surface area (Å²) in [6, 6.07) is 3.87. The van der Waals surface area contributed by atoms with Gasteiger partial charge in [-0.15, -0.1) is 11.3 Å². The van der Waals surface area contributed by atoms with Gasteiger partial charge in [-0.3, -0.25) is 9.59 Å². The molecule has 1 amide bonds. The molecule has 1 heterocycles. The number of rotatable bonds is 6. The maximum absolute atomic E-state index is 11.2. The lowest BCUT2D eigenvalue weighted by molar-refractivity contribution is -0.137. The Labute approximate surface area is 91.9 Å². The zero-order valence-electron chi connectivity index (χ0n) is 8.23. The van der Waals surface area contributed by atoms with Gasteiger partial charge in [0.1, 0.15) is 0 Å². The first kappa shape index (κ1) is 11.7. The Balaban J connectivity index is 2.11. The minimum Gasteiger partial charge on any atom is -0.481 e. The van der Waals surface area contributed by atoms with E-state index in [1.807, 2.05) is 17.5 Å². The number of carboxylic acid groups (broad SMARTS) is 1. The first-order valence-electron chi connectivity index (χ1n) is 4.69. The highest BCUT2D eigenvalue weighted by Gasteiger charge is 2.03. The Morgan fingerprint density at radius 2 is 2.20 bits per heavy atom. The van der Waals surface area contributed by atoms with Crippen molar-refractivity contribution in [2.24, 2.45) is 0 Å². The number of carbonyl (C=O) groups is 2. The smallest absolute Gasteiger partial charge is 0.303 e. The van der Waals surface area contributed by atoms with Crippen LogP contribution in [-0.4, -0.2) is 17.0 Å². The van der Waals surface area contributed by atoms with Gasteiger partial charge in [0.2, 0.25) is 5.91 Å². The molecule has 0 bridgehead atoms. The van der Waals surface area contributed by atoms with Crippen LogP contribution in [0.25, 0.3) is 0 Å². The minimum atomic E-state index is -0.860. The van der Waals surface area contributed by atoms with Crippen molar-refractivity contribution in [3.05, 3.63) is 22.4 Å². The first-order valence-corrected chi connectivity index (χ1v) is 5.57. The number of hydrogen-bond donors (Lipinski definition) is 2. The molecule has 1 aromatic rings. The molecule has 0 saturated heterocycles. The molecule has 1 rings (SSSR count). The Hall–Kier alpha value is -1.36. The molecule has 0 spiro atoms. The van der Waals surface area contributed by atoms with E-state index in [0.29, 0.717) is 13.0 Å². The molecule has 0 fully saturated rings. The molecule has 0 saturated carbocycles. The zero-order chi connectivity index (χ0) is 11.1. The number of amides is 1. The normalized spacial score (nSPS) is 9.87. The van der Waals surface area contributed by atoms with Crippen molar-refractivity contribution >= 4 is 23.2 Å². The van der Waals surface area contributed by atoms with E-state index in [-0.39, 0.29) is 18.7 Å². The maximum atomic E-state index is 11.2. The standard InChI is InChI=1S/C10H13NO3S/c12-9(4-1-5-10(13)14)11-7-8-3-2-6-15-8/h2-3,6H,1,4-5,7H2,(H,11,12)(H,13,14). The zero-order valence-corrected chi connectivity index (χ0v) is 9.05. The molecule has 82 valence electrons. The summed E-state index contributed by atoms with van der Waals surface area (Å²) in [5.74, 6) is -0.953. The quantitative estimate of drug-likeness (QED) is 0.776. The van der Waals surface area contributed by atoms with Gasteiger partial charge in [-0.2, -0.15) is 0 Å². The third-order valence-corrected chi connectivity index (χ3v) is 2.71. The lowest BCUT2D eigenvalue weighted by Crippen LogP contribution is -2.22. The van der Waals surface area contributed by atoms with Crippen LogP contribution in [0, 0.1) is 0 Å². The van der Waals surface area contributed by atoms with Gasteiger partial charge in [0.15, 0.2) is 0 Å². The van der Waals surface area contributed by atoms with Gasteiger partial charge in [-0.1, -0.05) is 6.07 Å². The SMILES string of the molecule is O=C(O)CCCC(=O)NCc1cccs1. The number of thiophene rings is 1. The molecule has 4 nitrogen and oxygen atoms in total. The molecule has 15 heavy (non-hydrogen) atoms. The van der Waals surface area contributed by atoms with Gasteiger partial charge in [0.25, 0.3) is 0 Å². The Morgan fingerprint density at radius 1 is 1.40 bits per heavy atom. The summed E-state index contributed by atoms with van der Waals surface area (Å²) >= 11 is 1.58. The number of aliphatic carboxylic acids is 1. The predicted octanol–water partition coefficient (Wildman–Crippen LogP) is 1.62. The van der Waals surface area contributed by atoms with E-state index in [1.54, 1.807) is 11.3 Å².